The predicted molar refractivity (Wildman–Crippen MR) is 108 cm³/mol. The molecule has 1 aromatic carbocycles. The number of rotatable bonds is 6. The zero-order chi connectivity index (χ0) is 21.1. The second-order valence-corrected chi connectivity index (χ2v) is 6.84. The van der Waals surface area contributed by atoms with E-state index in [1.807, 2.05) is 24.3 Å². The van der Waals surface area contributed by atoms with Crippen molar-refractivity contribution in [1.82, 2.24) is 24.5 Å². The Morgan fingerprint density at radius 1 is 1.23 bits per heavy atom. The van der Waals surface area contributed by atoms with Crippen molar-refractivity contribution in [1.29, 1.82) is 0 Å². The minimum atomic E-state index is -0.550. The van der Waals surface area contributed by atoms with Gasteiger partial charge in [0, 0.05) is 6.20 Å². The first-order valence-corrected chi connectivity index (χ1v) is 9.44. The first-order valence-electron chi connectivity index (χ1n) is 9.44. The lowest BCUT2D eigenvalue weighted by Crippen LogP contribution is -2.33. The molecule has 0 saturated carbocycles. The lowest BCUT2D eigenvalue weighted by molar-refractivity contribution is -0.0246. The number of nitrogens with zero attached hydrogens (tertiary/aromatic N) is 4. The molecule has 3 heterocycles. The van der Waals surface area contributed by atoms with Crippen molar-refractivity contribution in [2.24, 2.45) is 0 Å². The molecule has 10 nitrogen and oxygen atoms in total. The van der Waals surface area contributed by atoms with Crippen LogP contribution in [0.1, 0.15) is 30.3 Å². The van der Waals surface area contributed by atoms with Crippen molar-refractivity contribution in [2.75, 3.05) is 13.7 Å². The summed E-state index contributed by atoms with van der Waals surface area (Å²) in [6.07, 6.45) is 6.77. The zero-order valence-electron chi connectivity index (χ0n) is 16.3. The standard InChI is InChI=1S/C20H21N5O5/c1-29-16-6-4-15(5-7-16)25-11-14(22-23-25)3-2-13-10-24(20(28)21-19(13)27)18-9-8-17(12-26)30-18/h2-7,10-11,17-18,26H,8-9,12H2,1H3,(H,21,27,28)/b3-2+/t17-,18+/m0/s1. The van der Waals surface area contributed by atoms with Gasteiger partial charge in [-0.3, -0.25) is 14.3 Å². The van der Waals surface area contributed by atoms with Gasteiger partial charge in [-0.2, -0.15) is 0 Å². The number of methoxy groups -OCH3 is 1. The summed E-state index contributed by atoms with van der Waals surface area (Å²) in [6, 6.07) is 7.34. The fourth-order valence-corrected chi connectivity index (χ4v) is 3.25. The van der Waals surface area contributed by atoms with Crippen LogP contribution in [0.15, 0.2) is 46.2 Å². The van der Waals surface area contributed by atoms with Crippen LogP contribution < -0.4 is 16.0 Å². The summed E-state index contributed by atoms with van der Waals surface area (Å²) in [5.74, 6) is 0.741. The van der Waals surface area contributed by atoms with Crippen LogP contribution in [0.2, 0.25) is 0 Å². The van der Waals surface area contributed by atoms with E-state index in [-0.39, 0.29) is 18.3 Å². The first kappa shape index (κ1) is 19.8. The maximum atomic E-state index is 12.2. The molecule has 2 atom stereocenters. The Hall–Kier alpha value is -3.50. The molecule has 2 aromatic heterocycles. The van der Waals surface area contributed by atoms with E-state index in [0.29, 0.717) is 18.5 Å². The highest BCUT2D eigenvalue weighted by Gasteiger charge is 2.27. The maximum Gasteiger partial charge on any atom is 0.330 e. The van der Waals surface area contributed by atoms with E-state index in [1.54, 1.807) is 30.1 Å². The second-order valence-electron chi connectivity index (χ2n) is 6.84. The number of H-pyrrole nitrogens is 1. The van der Waals surface area contributed by atoms with Gasteiger partial charge in [-0.1, -0.05) is 5.21 Å². The van der Waals surface area contributed by atoms with Crippen molar-refractivity contribution in [2.45, 2.75) is 25.2 Å². The number of hydrogen-bond acceptors (Lipinski definition) is 7. The van der Waals surface area contributed by atoms with Gasteiger partial charge in [0.15, 0.2) is 0 Å². The third kappa shape index (κ3) is 4.09. The molecule has 3 aromatic rings. The molecule has 0 bridgehead atoms. The third-order valence-corrected chi connectivity index (χ3v) is 4.88. The zero-order valence-corrected chi connectivity index (χ0v) is 16.3. The summed E-state index contributed by atoms with van der Waals surface area (Å²) in [7, 11) is 1.60. The van der Waals surface area contributed by atoms with E-state index in [0.717, 1.165) is 11.4 Å². The molecule has 1 aliphatic rings. The third-order valence-electron chi connectivity index (χ3n) is 4.88. The summed E-state index contributed by atoms with van der Waals surface area (Å²) < 4.78 is 13.7. The van der Waals surface area contributed by atoms with Gasteiger partial charge in [0.25, 0.3) is 5.56 Å². The number of hydrogen-bond donors (Lipinski definition) is 2. The van der Waals surface area contributed by atoms with Gasteiger partial charge in [0.2, 0.25) is 0 Å². The number of ether oxygens (including phenoxy) is 2. The minimum Gasteiger partial charge on any atom is -0.497 e. The Kier molecular flexibility index (Phi) is 5.59. The number of aliphatic hydroxyl groups is 1. The highest BCUT2D eigenvalue weighted by Crippen LogP contribution is 2.26. The van der Waals surface area contributed by atoms with Crippen molar-refractivity contribution in [3.8, 4) is 11.4 Å². The first-order chi connectivity index (χ1) is 14.6. The van der Waals surface area contributed by atoms with Crippen LogP contribution in [0.25, 0.3) is 17.8 Å². The molecule has 0 radical (unpaired) electrons. The Morgan fingerprint density at radius 3 is 2.73 bits per heavy atom. The molecule has 1 fully saturated rings. The smallest absolute Gasteiger partial charge is 0.330 e. The Morgan fingerprint density at radius 2 is 2.03 bits per heavy atom. The van der Waals surface area contributed by atoms with Crippen LogP contribution in [-0.4, -0.2) is 49.5 Å². The topological polar surface area (TPSA) is 124 Å². The predicted octanol–water partition coefficient (Wildman–Crippen LogP) is 0.966. The molecule has 1 saturated heterocycles. The summed E-state index contributed by atoms with van der Waals surface area (Å²) in [6.45, 7) is -0.106. The largest absolute Gasteiger partial charge is 0.497 e. The molecule has 0 spiro atoms. The molecular formula is C20H21N5O5. The monoisotopic (exact) mass is 411 g/mol. The summed E-state index contributed by atoms with van der Waals surface area (Å²) in [5.41, 5.74) is 0.578. The highest BCUT2D eigenvalue weighted by atomic mass is 16.5. The number of aliphatic hydroxyl groups excluding tert-OH is 1. The van der Waals surface area contributed by atoms with Crippen LogP contribution in [-0.2, 0) is 4.74 Å². The fourth-order valence-electron chi connectivity index (χ4n) is 3.25. The van der Waals surface area contributed by atoms with E-state index in [4.69, 9.17) is 9.47 Å². The molecule has 156 valence electrons. The van der Waals surface area contributed by atoms with Crippen LogP contribution in [0.3, 0.4) is 0 Å². The van der Waals surface area contributed by atoms with E-state index in [9.17, 15) is 14.7 Å². The fraction of sp³-hybridized carbons (Fsp3) is 0.300. The van der Waals surface area contributed by atoms with E-state index < -0.39 is 17.5 Å². The van der Waals surface area contributed by atoms with Crippen LogP contribution in [0.5, 0.6) is 5.75 Å². The minimum absolute atomic E-state index is 0.106. The lowest BCUT2D eigenvalue weighted by atomic mass is 10.2. The molecule has 4 rings (SSSR count). The number of aromatic amines is 1. The van der Waals surface area contributed by atoms with Gasteiger partial charge in [0.1, 0.15) is 17.7 Å². The van der Waals surface area contributed by atoms with Crippen molar-refractivity contribution >= 4 is 12.2 Å². The summed E-state index contributed by atoms with van der Waals surface area (Å²) in [5, 5.41) is 17.4. The van der Waals surface area contributed by atoms with Gasteiger partial charge in [0.05, 0.1) is 37.3 Å². The van der Waals surface area contributed by atoms with Crippen molar-refractivity contribution < 1.29 is 14.6 Å². The normalized spacial score (nSPS) is 18.9. The van der Waals surface area contributed by atoms with Crippen LogP contribution in [0, 0.1) is 0 Å². The molecular weight excluding hydrogens is 390 g/mol. The Bertz CT molecular complexity index is 1160. The average molecular weight is 411 g/mol. The number of nitrogens with one attached hydrogen (secondary N) is 1. The van der Waals surface area contributed by atoms with Gasteiger partial charge in [-0.15, -0.1) is 5.10 Å². The van der Waals surface area contributed by atoms with E-state index in [1.165, 1.54) is 10.8 Å². The molecule has 0 aliphatic carbocycles. The molecule has 30 heavy (non-hydrogen) atoms. The second kappa shape index (κ2) is 8.47. The molecule has 2 N–H and O–H groups in total. The van der Waals surface area contributed by atoms with Crippen LogP contribution in [0.4, 0.5) is 0 Å². The Balaban J connectivity index is 1.55. The molecule has 0 amide bonds. The Labute approximate surface area is 171 Å². The van der Waals surface area contributed by atoms with Crippen molar-refractivity contribution in [3.63, 3.8) is 0 Å². The summed E-state index contributed by atoms with van der Waals surface area (Å²) >= 11 is 0. The molecule has 1 aliphatic heterocycles. The quantitative estimate of drug-likeness (QED) is 0.619. The molecule has 10 heteroatoms. The number of aromatic nitrogens is 5. The van der Waals surface area contributed by atoms with Gasteiger partial charge in [-0.05, 0) is 49.3 Å². The highest BCUT2D eigenvalue weighted by molar-refractivity contribution is 5.66. The SMILES string of the molecule is COc1ccc(-n2cc(/C=C/c3cn([C@H]4CC[C@@H](CO)O4)c(=O)[nH]c3=O)nn2)cc1. The van der Waals surface area contributed by atoms with E-state index in [2.05, 4.69) is 15.3 Å². The van der Waals surface area contributed by atoms with Gasteiger partial charge >= 0.3 is 5.69 Å². The summed E-state index contributed by atoms with van der Waals surface area (Å²) in [4.78, 5) is 26.6. The van der Waals surface area contributed by atoms with E-state index >= 15 is 0 Å². The van der Waals surface area contributed by atoms with Gasteiger partial charge < -0.3 is 14.6 Å². The average Bonchev–Trinajstić information content (AvgIpc) is 3.43. The molecule has 0 unspecified atom stereocenters. The van der Waals surface area contributed by atoms with Crippen LogP contribution >= 0.6 is 0 Å². The van der Waals surface area contributed by atoms with Crippen molar-refractivity contribution in [3.05, 3.63) is 68.8 Å². The maximum absolute atomic E-state index is 12.2. The lowest BCUT2D eigenvalue weighted by Gasteiger charge is -2.15. The number of benzene rings is 1. The van der Waals surface area contributed by atoms with Gasteiger partial charge in [-0.25, -0.2) is 9.48 Å².